The number of carbonyl (C=O) groups excluding carboxylic acids is 1. The minimum Gasteiger partial charge on any atom is -0.497 e. The highest BCUT2D eigenvalue weighted by atomic mass is 16.5. The molecule has 1 N–H and O–H groups in total. The number of nitrogens with one attached hydrogen (secondary N) is 1. The standard InChI is InChI=1S/C14H19NO3/c1-4-9-15-14(16)13(5-2)18-12-8-6-7-11(10-12)17-3/h4,6-8,10,13H,1,5,9H2,2-3H3,(H,15,16)/t13-/m1/s1. The van der Waals surface area contributed by atoms with Gasteiger partial charge in [-0.25, -0.2) is 0 Å². The molecule has 0 spiro atoms. The first kappa shape index (κ1) is 14.1. The smallest absolute Gasteiger partial charge is 0.261 e. The highest BCUT2D eigenvalue weighted by Gasteiger charge is 2.17. The van der Waals surface area contributed by atoms with Crippen molar-refractivity contribution < 1.29 is 14.3 Å². The van der Waals surface area contributed by atoms with E-state index >= 15 is 0 Å². The summed E-state index contributed by atoms with van der Waals surface area (Å²) in [6, 6.07) is 7.20. The van der Waals surface area contributed by atoms with Crippen molar-refractivity contribution in [2.75, 3.05) is 13.7 Å². The van der Waals surface area contributed by atoms with Gasteiger partial charge in [0.15, 0.2) is 6.10 Å². The molecule has 0 aliphatic carbocycles. The summed E-state index contributed by atoms with van der Waals surface area (Å²) in [6.45, 7) is 5.89. The molecule has 0 unspecified atom stereocenters. The third kappa shape index (κ3) is 4.13. The minimum atomic E-state index is -0.503. The number of rotatable bonds is 7. The number of amides is 1. The number of hydrogen-bond acceptors (Lipinski definition) is 3. The molecule has 1 aromatic carbocycles. The van der Waals surface area contributed by atoms with Crippen molar-refractivity contribution in [3.8, 4) is 11.5 Å². The van der Waals surface area contributed by atoms with Crippen LogP contribution in [0.25, 0.3) is 0 Å². The third-order valence-electron chi connectivity index (χ3n) is 2.40. The van der Waals surface area contributed by atoms with Crippen LogP contribution < -0.4 is 14.8 Å². The molecule has 0 radical (unpaired) electrons. The van der Waals surface area contributed by atoms with Gasteiger partial charge < -0.3 is 14.8 Å². The van der Waals surface area contributed by atoms with Gasteiger partial charge in [0.25, 0.3) is 5.91 Å². The lowest BCUT2D eigenvalue weighted by Crippen LogP contribution is -2.38. The van der Waals surface area contributed by atoms with Gasteiger partial charge in [0.2, 0.25) is 0 Å². The molecule has 1 aromatic rings. The molecule has 98 valence electrons. The van der Waals surface area contributed by atoms with Crippen LogP contribution in [0.2, 0.25) is 0 Å². The van der Waals surface area contributed by atoms with Crippen molar-refractivity contribution in [2.24, 2.45) is 0 Å². The molecule has 0 saturated carbocycles. The number of methoxy groups -OCH3 is 1. The molecule has 0 bridgehead atoms. The van der Waals surface area contributed by atoms with Gasteiger partial charge in [-0.05, 0) is 18.6 Å². The lowest BCUT2D eigenvalue weighted by molar-refractivity contribution is -0.127. The summed E-state index contributed by atoms with van der Waals surface area (Å²) < 4.78 is 10.7. The number of benzene rings is 1. The van der Waals surface area contributed by atoms with Crippen molar-refractivity contribution >= 4 is 5.91 Å². The summed E-state index contributed by atoms with van der Waals surface area (Å²) in [7, 11) is 1.59. The summed E-state index contributed by atoms with van der Waals surface area (Å²) in [5, 5.41) is 2.72. The van der Waals surface area contributed by atoms with Crippen LogP contribution in [-0.2, 0) is 4.79 Å². The zero-order valence-corrected chi connectivity index (χ0v) is 10.8. The molecule has 0 saturated heterocycles. The summed E-state index contributed by atoms with van der Waals surface area (Å²) >= 11 is 0. The van der Waals surface area contributed by atoms with E-state index < -0.39 is 6.10 Å². The van der Waals surface area contributed by atoms with E-state index in [1.165, 1.54) is 0 Å². The average Bonchev–Trinajstić information content (AvgIpc) is 2.42. The SMILES string of the molecule is C=CCNC(=O)[C@@H](CC)Oc1cccc(OC)c1. The van der Waals surface area contributed by atoms with E-state index in [-0.39, 0.29) is 5.91 Å². The fourth-order valence-corrected chi connectivity index (χ4v) is 1.45. The van der Waals surface area contributed by atoms with Crippen LogP contribution in [0.3, 0.4) is 0 Å². The predicted molar refractivity (Wildman–Crippen MR) is 70.9 cm³/mol. The number of hydrogen-bond donors (Lipinski definition) is 1. The first-order valence-corrected chi connectivity index (χ1v) is 5.90. The van der Waals surface area contributed by atoms with Gasteiger partial charge in [-0.3, -0.25) is 4.79 Å². The molecule has 1 amide bonds. The van der Waals surface area contributed by atoms with Gasteiger partial charge in [-0.1, -0.05) is 19.1 Å². The van der Waals surface area contributed by atoms with Gasteiger partial charge in [0.05, 0.1) is 7.11 Å². The van der Waals surface area contributed by atoms with Crippen molar-refractivity contribution in [3.05, 3.63) is 36.9 Å². The molecular weight excluding hydrogens is 230 g/mol. The normalized spacial score (nSPS) is 11.4. The van der Waals surface area contributed by atoms with Gasteiger partial charge in [-0.15, -0.1) is 6.58 Å². The van der Waals surface area contributed by atoms with E-state index in [0.29, 0.717) is 24.5 Å². The van der Waals surface area contributed by atoms with Crippen LogP contribution in [0.4, 0.5) is 0 Å². The van der Waals surface area contributed by atoms with Crippen LogP contribution in [0.15, 0.2) is 36.9 Å². The van der Waals surface area contributed by atoms with E-state index in [9.17, 15) is 4.79 Å². The van der Waals surface area contributed by atoms with E-state index in [4.69, 9.17) is 9.47 Å². The summed E-state index contributed by atoms with van der Waals surface area (Å²) in [6.07, 6.45) is 1.73. The van der Waals surface area contributed by atoms with Crippen LogP contribution in [0.1, 0.15) is 13.3 Å². The molecule has 0 fully saturated rings. The Morgan fingerprint density at radius 1 is 1.50 bits per heavy atom. The second-order valence-corrected chi connectivity index (χ2v) is 3.73. The molecule has 0 aliphatic heterocycles. The highest BCUT2D eigenvalue weighted by Crippen LogP contribution is 2.20. The Kier molecular flexibility index (Phi) is 5.77. The maximum atomic E-state index is 11.8. The van der Waals surface area contributed by atoms with Crippen LogP contribution in [-0.4, -0.2) is 25.7 Å². The quantitative estimate of drug-likeness (QED) is 0.753. The summed E-state index contributed by atoms with van der Waals surface area (Å²) in [5.41, 5.74) is 0. The maximum absolute atomic E-state index is 11.8. The minimum absolute atomic E-state index is 0.139. The Bertz CT molecular complexity index is 404. The van der Waals surface area contributed by atoms with E-state index in [1.54, 1.807) is 25.3 Å². The van der Waals surface area contributed by atoms with E-state index in [0.717, 1.165) is 0 Å². The topological polar surface area (TPSA) is 47.6 Å². The molecule has 0 aromatic heterocycles. The zero-order chi connectivity index (χ0) is 13.4. The van der Waals surface area contributed by atoms with Gasteiger partial charge in [-0.2, -0.15) is 0 Å². The number of carbonyl (C=O) groups is 1. The first-order chi connectivity index (χ1) is 8.71. The van der Waals surface area contributed by atoms with Gasteiger partial charge in [0, 0.05) is 12.6 Å². The maximum Gasteiger partial charge on any atom is 0.261 e. The Hall–Kier alpha value is -1.97. The average molecular weight is 249 g/mol. The van der Waals surface area contributed by atoms with Crippen molar-refractivity contribution in [3.63, 3.8) is 0 Å². The molecule has 0 heterocycles. The first-order valence-electron chi connectivity index (χ1n) is 5.90. The molecule has 4 nitrogen and oxygen atoms in total. The molecular formula is C14H19NO3. The van der Waals surface area contributed by atoms with Crippen LogP contribution >= 0.6 is 0 Å². The Balaban J connectivity index is 2.66. The van der Waals surface area contributed by atoms with E-state index in [2.05, 4.69) is 11.9 Å². The highest BCUT2D eigenvalue weighted by molar-refractivity contribution is 5.81. The molecule has 1 rings (SSSR count). The van der Waals surface area contributed by atoms with Crippen LogP contribution in [0, 0.1) is 0 Å². The lowest BCUT2D eigenvalue weighted by atomic mass is 10.2. The van der Waals surface area contributed by atoms with Gasteiger partial charge >= 0.3 is 0 Å². The second kappa shape index (κ2) is 7.37. The fourth-order valence-electron chi connectivity index (χ4n) is 1.45. The summed E-state index contributed by atoms with van der Waals surface area (Å²) in [5.74, 6) is 1.18. The Morgan fingerprint density at radius 3 is 2.83 bits per heavy atom. The fraction of sp³-hybridized carbons (Fsp3) is 0.357. The molecule has 18 heavy (non-hydrogen) atoms. The monoisotopic (exact) mass is 249 g/mol. The molecule has 1 atom stereocenters. The molecule has 4 heteroatoms. The Labute approximate surface area is 108 Å². The summed E-state index contributed by atoms with van der Waals surface area (Å²) in [4.78, 5) is 11.8. The van der Waals surface area contributed by atoms with Crippen molar-refractivity contribution in [1.29, 1.82) is 0 Å². The van der Waals surface area contributed by atoms with E-state index in [1.807, 2.05) is 19.1 Å². The molecule has 0 aliphatic rings. The number of ether oxygens (including phenoxy) is 2. The van der Waals surface area contributed by atoms with Gasteiger partial charge in [0.1, 0.15) is 11.5 Å². The van der Waals surface area contributed by atoms with Crippen molar-refractivity contribution in [1.82, 2.24) is 5.32 Å². The lowest BCUT2D eigenvalue weighted by Gasteiger charge is -2.17. The predicted octanol–water partition coefficient (Wildman–Crippen LogP) is 2.15. The van der Waals surface area contributed by atoms with Crippen LogP contribution in [0.5, 0.6) is 11.5 Å². The second-order valence-electron chi connectivity index (χ2n) is 3.73. The van der Waals surface area contributed by atoms with Crippen molar-refractivity contribution in [2.45, 2.75) is 19.4 Å². The largest absolute Gasteiger partial charge is 0.497 e. The third-order valence-corrected chi connectivity index (χ3v) is 2.40. The Morgan fingerprint density at radius 2 is 2.22 bits per heavy atom. The zero-order valence-electron chi connectivity index (χ0n) is 10.8.